The zero-order chi connectivity index (χ0) is 13.8. The summed E-state index contributed by atoms with van der Waals surface area (Å²) in [5.41, 5.74) is 2.17. The number of aromatic nitrogens is 1. The van der Waals surface area contributed by atoms with Crippen molar-refractivity contribution in [2.24, 2.45) is 0 Å². The minimum Gasteiger partial charge on any atom is -0.493 e. The van der Waals surface area contributed by atoms with Gasteiger partial charge in [-0.2, -0.15) is 0 Å². The predicted octanol–water partition coefficient (Wildman–Crippen LogP) is 3.39. The smallest absolute Gasteiger partial charge is 0.162 e. The molecule has 1 aromatic heterocycles. The Morgan fingerprint density at radius 3 is 2.42 bits per heavy atom. The van der Waals surface area contributed by atoms with Crippen molar-refractivity contribution in [3.8, 4) is 11.5 Å². The van der Waals surface area contributed by atoms with Crippen LogP contribution in [0.3, 0.4) is 0 Å². The Bertz CT molecular complexity index is 567. The number of hydrogen-bond donors (Lipinski definition) is 1. The van der Waals surface area contributed by atoms with Gasteiger partial charge in [-0.3, -0.25) is 0 Å². The third kappa shape index (κ3) is 3.17. The molecule has 0 radical (unpaired) electrons. The second-order valence-corrected chi connectivity index (χ2v) is 5.54. The molecule has 0 amide bonds. The molecular formula is C14H18N2O2S. The SMILES string of the molecule is COc1cc(C)c(NCc2cnc(C)s2)cc1OC. The molecular weight excluding hydrogens is 260 g/mol. The van der Waals surface area contributed by atoms with Crippen molar-refractivity contribution >= 4 is 17.0 Å². The van der Waals surface area contributed by atoms with E-state index < -0.39 is 0 Å². The second kappa shape index (κ2) is 5.93. The summed E-state index contributed by atoms with van der Waals surface area (Å²) in [6.45, 7) is 4.82. The largest absolute Gasteiger partial charge is 0.493 e. The van der Waals surface area contributed by atoms with E-state index in [-0.39, 0.29) is 0 Å². The highest BCUT2D eigenvalue weighted by molar-refractivity contribution is 7.11. The maximum atomic E-state index is 5.31. The van der Waals surface area contributed by atoms with Crippen LogP contribution in [0.4, 0.5) is 5.69 Å². The van der Waals surface area contributed by atoms with Crippen molar-refractivity contribution in [1.29, 1.82) is 0 Å². The van der Waals surface area contributed by atoms with E-state index in [2.05, 4.69) is 10.3 Å². The monoisotopic (exact) mass is 278 g/mol. The lowest BCUT2D eigenvalue weighted by Gasteiger charge is -2.13. The summed E-state index contributed by atoms with van der Waals surface area (Å²) < 4.78 is 10.6. The van der Waals surface area contributed by atoms with Crippen LogP contribution in [0, 0.1) is 13.8 Å². The minimum absolute atomic E-state index is 0.732. The summed E-state index contributed by atoms with van der Waals surface area (Å²) in [6.07, 6.45) is 1.91. The summed E-state index contributed by atoms with van der Waals surface area (Å²) in [7, 11) is 3.29. The van der Waals surface area contributed by atoms with Crippen LogP contribution in [-0.2, 0) is 6.54 Å². The summed E-state index contributed by atoms with van der Waals surface area (Å²) in [5, 5.41) is 4.49. The first-order chi connectivity index (χ1) is 9.13. The highest BCUT2D eigenvalue weighted by atomic mass is 32.1. The van der Waals surface area contributed by atoms with Crippen LogP contribution < -0.4 is 14.8 Å². The van der Waals surface area contributed by atoms with Gasteiger partial charge in [0.15, 0.2) is 11.5 Å². The van der Waals surface area contributed by atoms with Gasteiger partial charge >= 0.3 is 0 Å². The standard InChI is InChI=1S/C14H18N2O2S/c1-9-5-13(17-3)14(18-4)6-12(9)16-8-11-7-15-10(2)19-11/h5-7,16H,8H2,1-4H3. The zero-order valence-corrected chi connectivity index (χ0v) is 12.4. The summed E-state index contributed by atoms with van der Waals surface area (Å²) in [5.74, 6) is 1.48. The molecule has 0 spiro atoms. The molecule has 4 nitrogen and oxygen atoms in total. The zero-order valence-electron chi connectivity index (χ0n) is 11.6. The highest BCUT2D eigenvalue weighted by Gasteiger charge is 2.08. The Morgan fingerprint density at radius 1 is 1.16 bits per heavy atom. The maximum absolute atomic E-state index is 5.31. The number of nitrogens with zero attached hydrogens (tertiary/aromatic N) is 1. The van der Waals surface area contributed by atoms with E-state index in [0.29, 0.717) is 0 Å². The van der Waals surface area contributed by atoms with Gasteiger partial charge in [-0.05, 0) is 25.5 Å². The summed E-state index contributed by atoms with van der Waals surface area (Å²) in [4.78, 5) is 5.46. The molecule has 0 saturated heterocycles. The van der Waals surface area contributed by atoms with E-state index in [4.69, 9.17) is 9.47 Å². The number of anilines is 1. The van der Waals surface area contributed by atoms with Crippen LogP contribution in [0.25, 0.3) is 0 Å². The van der Waals surface area contributed by atoms with Gasteiger partial charge in [-0.15, -0.1) is 11.3 Å². The molecule has 0 aliphatic heterocycles. The Hall–Kier alpha value is -1.75. The molecule has 0 aliphatic carbocycles. The molecule has 1 aromatic carbocycles. The first-order valence-electron chi connectivity index (χ1n) is 6.02. The molecule has 0 saturated carbocycles. The molecule has 2 aromatic rings. The topological polar surface area (TPSA) is 43.4 Å². The van der Waals surface area contributed by atoms with Gasteiger partial charge in [0.05, 0.1) is 25.8 Å². The average molecular weight is 278 g/mol. The molecule has 102 valence electrons. The molecule has 5 heteroatoms. The molecule has 0 aliphatic rings. The Kier molecular flexibility index (Phi) is 4.27. The summed E-state index contributed by atoms with van der Waals surface area (Å²) >= 11 is 1.70. The van der Waals surface area contributed by atoms with Crippen molar-refractivity contribution in [2.75, 3.05) is 19.5 Å². The fourth-order valence-electron chi connectivity index (χ4n) is 1.84. The predicted molar refractivity (Wildman–Crippen MR) is 78.5 cm³/mol. The number of nitrogens with one attached hydrogen (secondary N) is 1. The fraction of sp³-hybridized carbons (Fsp3) is 0.357. The molecule has 1 heterocycles. The van der Waals surface area contributed by atoms with Gasteiger partial charge in [0.2, 0.25) is 0 Å². The van der Waals surface area contributed by atoms with Gasteiger partial charge in [0.25, 0.3) is 0 Å². The quantitative estimate of drug-likeness (QED) is 0.910. The number of methoxy groups -OCH3 is 2. The Balaban J connectivity index is 2.15. The number of hydrogen-bond acceptors (Lipinski definition) is 5. The van der Waals surface area contributed by atoms with Gasteiger partial charge in [-0.25, -0.2) is 4.98 Å². The average Bonchev–Trinajstić information content (AvgIpc) is 2.82. The van der Waals surface area contributed by atoms with Crippen LogP contribution >= 0.6 is 11.3 Å². The van der Waals surface area contributed by atoms with E-state index in [1.807, 2.05) is 32.2 Å². The fourth-order valence-corrected chi connectivity index (χ4v) is 2.58. The van der Waals surface area contributed by atoms with Gasteiger partial charge < -0.3 is 14.8 Å². The first-order valence-corrected chi connectivity index (χ1v) is 6.83. The molecule has 0 unspecified atom stereocenters. The van der Waals surface area contributed by atoms with Crippen molar-refractivity contribution in [1.82, 2.24) is 4.98 Å². The van der Waals surface area contributed by atoms with Crippen molar-refractivity contribution in [2.45, 2.75) is 20.4 Å². The molecule has 1 N–H and O–H groups in total. The lowest BCUT2D eigenvalue weighted by molar-refractivity contribution is 0.355. The number of rotatable bonds is 5. The highest BCUT2D eigenvalue weighted by Crippen LogP contribution is 2.33. The lowest BCUT2D eigenvalue weighted by atomic mass is 10.1. The van der Waals surface area contributed by atoms with Gasteiger partial charge in [-0.1, -0.05) is 0 Å². The van der Waals surface area contributed by atoms with E-state index in [1.165, 1.54) is 4.88 Å². The van der Waals surface area contributed by atoms with Crippen LogP contribution in [0.5, 0.6) is 11.5 Å². The molecule has 0 fully saturated rings. The molecule has 0 atom stereocenters. The number of thiazole rings is 1. The normalized spacial score (nSPS) is 10.3. The first kappa shape index (κ1) is 13.7. The third-order valence-corrected chi connectivity index (χ3v) is 3.77. The third-order valence-electron chi connectivity index (χ3n) is 2.85. The van der Waals surface area contributed by atoms with E-state index >= 15 is 0 Å². The maximum Gasteiger partial charge on any atom is 0.162 e. The molecule has 0 bridgehead atoms. The van der Waals surface area contributed by atoms with Crippen molar-refractivity contribution < 1.29 is 9.47 Å². The summed E-state index contributed by atoms with van der Waals surface area (Å²) in [6, 6.07) is 3.93. The van der Waals surface area contributed by atoms with E-state index in [9.17, 15) is 0 Å². The van der Waals surface area contributed by atoms with Crippen LogP contribution in [0.2, 0.25) is 0 Å². The van der Waals surface area contributed by atoms with E-state index in [1.54, 1.807) is 25.6 Å². The van der Waals surface area contributed by atoms with E-state index in [0.717, 1.165) is 34.3 Å². The molecule has 2 rings (SSSR count). The van der Waals surface area contributed by atoms with Crippen LogP contribution in [0.1, 0.15) is 15.4 Å². The number of benzene rings is 1. The lowest BCUT2D eigenvalue weighted by Crippen LogP contribution is -2.01. The molecule has 19 heavy (non-hydrogen) atoms. The van der Waals surface area contributed by atoms with Crippen molar-refractivity contribution in [3.63, 3.8) is 0 Å². The Labute approximate surface area is 117 Å². The Morgan fingerprint density at radius 2 is 1.84 bits per heavy atom. The van der Waals surface area contributed by atoms with Crippen molar-refractivity contribution in [3.05, 3.63) is 33.8 Å². The minimum atomic E-state index is 0.732. The number of ether oxygens (including phenoxy) is 2. The second-order valence-electron chi connectivity index (χ2n) is 4.22. The number of aryl methyl sites for hydroxylation is 2. The van der Waals surface area contributed by atoms with Gasteiger partial charge in [0.1, 0.15) is 0 Å². The van der Waals surface area contributed by atoms with Crippen LogP contribution in [-0.4, -0.2) is 19.2 Å². The van der Waals surface area contributed by atoms with Gasteiger partial charge in [0, 0.05) is 22.8 Å². The van der Waals surface area contributed by atoms with Crippen LogP contribution in [0.15, 0.2) is 18.3 Å².